The average Bonchev–Trinajstić information content (AvgIpc) is 2.56. The molecule has 1 unspecified atom stereocenters. The van der Waals surface area contributed by atoms with Gasteiger partial charge in [-0.25, -0.2) is 9.59 Å². The Morgan fingerprint density at radius 1 is 0.931 bits per heavy atom. The number of benzene rings is 1. The smallest absolute Gasteiger partial charge is 0.408 e. The van der Waals surface area contributed by atoms with Crippen LogP contribution in [0.5, 0.6) is 0 Å². The molecule has 162 valence electrons. The summed E-state index contributed by atoms with van der Waals surface area (Å²) in [6.07, 6.45) is -1.05. The monoisotopic (exact) mass is 407 g/mol. The molecule has 1 N–H and O–H groups in total. The second kappa shape index (κ2) is 10.4. The Morgan fingerprint density at radius 3 is 2.00 bits per heavy atom. The summed E-state index contributed by atoms with van der Waals surface area (Å²) in [6, 6.07) is 7.85. The summed E-state index contributed by atoms with van der Waals surface area (Å²) >= 11 is 0. The number of carbonyl (C=O) groups excluding carboxylic acids is 3. The molecule has 0 saturated carbocycles. The highest BCUT2D eigenvalue weighted by atomic mass is 16.6. The van der Waals surface area contributed by atoms with Gasteiger partial charge >= 0.3 is 12.1 Å². The standard InChI is InChI=1S/C22H33NO6/c1-15(13-18(24)16-11-9-8-10-12-16)27-14-17(19(25)28-21(2,3)4)23-20(26)29-22(5,6)7/h8-12,15,17H,13-14H2,1-7H3,(H,23,26)/t15?,17-/m0/s1. The summed E-state index contributed by atoms with van der Waals surface area (Å²) in [7, 11) is 0. The second-order valence-corrected chi connectivity index (χ2v) is 8.87. The zero-order valence-electron chi connectivity index (χ0n) is 18.4. The number of amides is 1. The lowest BCUT2D eigenvalue weighted by Crippen LogP contribution is -2.48. The van der Waals surface area contributed by atoms with E-state index in [1.165, 1.54) is 0 Å². The summed E-state index contributed by atoms with van der Waals surface area (Å²) in [4.78, 5) is 36.9. The first-order valence-electron chi connectivity index (χ1n) is 9.69. The quantitative estimate of drug-likeness (QED) is 0.519. The van der Waals surface area contributed by atoms with Gasteiger partial charge in [-0.15, -0.1) is 0 Å². The molecule has 7 nitrogen and oxygen atoms in total. The molecule has 0 heterocycles. The predicted octanol–water partition coefficient (Wildman–Crippen LogP) is 3.90. The molecule has 0 saturated heterocycles. The highest BCUT2D eigenvalue weighted by Crippen LogP contribution is 2.12. The van der Waals surface area contributed by atoms with Gasteiger partial charge in [-0.1, -0.05) is 30.3 Å². The number of carbonyl (C=O) groups is 3. The van der Waals surface area contributed by atoms with Gasteiger partial charge in [-0.2, -0.15) is 0 Å². The van der Waals surface area contributed by atoms with Crippen LogP contribution in [0.2, 0.25) is 0 Å². The third-order valence-electron chi connectivity index (χ3n) is 3.50. The van der Waals surface area contributed by atoms with E-state index in [-0.39, 0.29) is 18.8 Å². The Morgan fingerprint density at radius 2 is 1.48 bits per heavy atom. The van der Waals surface area contributed by atoms with Gasteiger partial charge < -0.3 is 19.5 Å². The minimum Gasteiger partial charge on any atom is -0.458 e. The van der Waals surface area contributed by atoms with Crippen LogP contribution in [0.3, 0.4) is 0 Å². The fourth-order valence-electron chi connectivity index (χ4n) is 2.31. The van der Waals surface area contributed by atoms with E-state index < -0.39 is 35.4 Å². The highest BCUT2D eigenvalue weighted by Gasteiger charge is 2.29. The molecular formula is C22H33NO6. The number of nitrogens with one attached hydrogen (secondary N) is 1. The molecule has 1 aromatic carbocycles. The molecule has 0 aliphatic carbocycles. The van der Waals surface area contributed by atoms with Crippen LogP contribution in [0.1, 0.15) is 65.2 Å². The number of rotatable bonds is 8. The largest absolute Gasteiger partial charge is 0.458 e. The molecule has 0 spiro atoms. The Hall–Kier alpha value is -2.41. The van der Waals surface area contributed by atoms with Gasteiger partial charge in [0.05, 0.1) is 12.7 Å². The third kappa shape index (κ3) is 10.6. The van der Waals surface area contributed by atoms with Crippen LogP contribution in [0.4, 0.5) is 4.79 Å². The van der Waals surface area contributed by atoms with Crippen molar-refractivity contribution in [2.75, 3.05) is 6.61 Å². The molecule has 2 atom stereocenters. The minimum atomic E-state index is -1.06. The van der Waals surface area contributed by atoms with Gasteiger partial charge in [0.15, 0.2) is 11.8 Å². The van der Waals surface area contributed by atoms with Crippen molar-refractivity contribution in [1.29, 1.82) is 0 Å². The van der Waals surface area contributed by atoms with Crippen molar-refractivity contribution in [3.05, 3.63) is 35.9 Å². The maximum absolute atomic E-state index is 12.5. The summed E-state index contributed by atoms with van der Waals surface area (Å²) in [5.74, 6) is -0.697. The second-order valence-electron chi connectivity index (χ2n) is 8.87. The lowest BCUT2D eigenvalue weighted by molar-refractivity contribution is -0.159. The van der Waals surface area contributed by atoms with Crippen LogP contribution in [-0.2, 0) is 19.0 Å². The number of esters is 1. The van der Waals surface area contributed by atoms with Crippen molar-refractivity contribution >= 4 is 17.8 Å². The van der Waals surface area contributed by atoms with E-state index in [1.807, 2.05) is 6.07 Å². The van der Waals surface area contributed by atoms with Crippen LogP contribution in [0.25, 0.3) is 0 Å². The summed E-state index contributed by atoms with van der Waals surface area (Å²) in [5, 5.41) is 2.49. The lowest BCUT2D eigenvalue weighted by Gasteiger charge is -2.26. The van der Waals surface area contributed by atoms with Gasteiger partial charge in [0, 0.05) is 12.0 Å². The van der Waals surface area contributed by atoms with Crippen LogP contribution in [0.15, 0.2) is 30.3 Å². The number of ketones is 1. The van der Waals surface area contributed by atoms with E-state index >= 15 is 0 Å². The zero-order valence-corrected chi connectivity index (χ0v) is 18.4. The normalized spacial score (nSPS) is 13.9. The fourth-order valence-corrected chi connectivity index (χ4v) is 2.31. The molecule has 7 heteroatoms. The van der Waals surface area contributed by atoms with Crippen molar-refractivity contribution in [3.63, 3.8) is 0 Å². The first-order valence-corrected chi connectivity index (χ1v) is 9.69. The van der Waals surface area contributed by atoms with Gasteiger partial charge in [-0.05, 0) is 48.5 Å². The van der Waals surface area contributed by atoms with Gasteiger partial charge in [0.25, 0.3) is 0 Å². The predicted molar refractivity (Wildman–Crippen MR) is 110 cm³/mol. The topological polar surface area (TPSA) is 90.9 Å². The van der Waals surface area contributed by atoms with Crippen molar-refractivity contribution in [1.82, 2.24) is 5.32 Å². The maximum atomic E-state index is 12.5. The highest BCUT2D eigenvalue weighted by molar-refractivity contribution is 5.96. The Labute approximate surface area is 173 Å². The number of alkyl carbamates (subject to hydrolysis) is 1. The van der Waals surface area contributed by atoms with Crippen LogP contribution in [-0.4, -0.2) is 47.8 Å². The van der Waals surface area contributed by atoms with Crippen molar-refractivity contribution in [3.8, 4) is 0 Å². The summed E-state index contributed by atoms with van der Waals surface area (Å²) in [6.45, 7) is 12.0. The van der Waals surface area contributed by atoms with Crippen molar-refractivity contribution in [2.45, 2.75) is 78.2 Å². The molecule has 0 aliphatic heterocycles. The molecule has 1 amide bonds. The van der Waals surface area contributed by atoms with E-state index in [2.05, 4.69) is 5.32 Å². The third-order valence-corrected chi connectivity index (χ3v) is 3.50. The van der Waals surface area contributed by atoms with E-state index in [0.29, 0.717) is 5.56 Å². The van der Waals surface area contributed by atoms with Gasteiger partial charge in [0.1, 0.15) is 11.2 Å². The van der Waals surface area contributed by atoms with Gasteiger partial charge in [-0.3, -0.25) is 4.79 Å². The first-order chi connectivity index (χ1) is 13.3. The Balaban J connectivity index is 2.71. The molecule has 1 aromatic rings. The number of hydrogen-bond acceptors (Lipinski definition) is 6. The molecule has 1 rings (SSSR count). The van der Waals surface area contributed by atoms with E-state index in [9.17, 15) is 14.4 Å². The summed E-state index contributed by atoms with van der Waals surface area (Å²) in [5.41, 5.74) is -0.836. The van der Waals surface area contributed by atoms with E-state index in [4.69, 9.17) is 14.2 Å². The van der Waals surface area contributed by atoms with Crippen molar-refractivity contribution < 1.29 is 28.6 Å². The van der Waals surface area contributed by atoms with E-state index in [0.717, 1.165) is 0 Å². The first kappa shape index (κ1) is 24.6. The van der Waals surface area contributed by atoms with Gasteiger partial charge in [0.2, 0.25) is 0 Å². The lowest BCUT2D eigenvalue weighted by atomic mass is 10.1. The summed E-state index contributed by atoms with van der Waals surface area (Å²) < 4.78 is 16.2. The molecule has 0 bridgehead atoms. The van der Waals surface area contributed by atoms with Crippen molar-refractivity contribution in [2.24, 2.45) is 0 Å². The Kier molecular flexibility index (Phi) is 8.82. The van der Waals surface area contributed by atoms with E-state index in [1.54, 1.807) is 72.7 Å². The molecule has 29 heavy (non-hydrogen) atoms. The molecule has 0 fully saturated rings. The number of Topliss-reactive ketones (excluding diaryl/α,β-unsaturated/α-hetero) is 1. The zero-order chi connectivity index (χ0) is 22.2. The van der Waals surface area contributed by atoms with Crippen LogP contribution in [0, 0.1) is 0 Å². The number of hydrogen-bond donors (Lipinski definition) is 1. The minimum absolute atomic E-state index is 0.0629. The fraction of sp³-hybridized carbons (Fsp3) is 0.591. The molecular weight excluding hydrogens is 374 g/mol. The van der Waals surface area contributed by atoms with Crippen LogP contribution < -0.4 is 5.32 Å². The Bertz CT molecular complexity index is 687. The molecule has 0 radical (unpaired) electrons. The SMILES string of the molecule is CC(CC(=O)c1ccccc1)OC[C@H](NC(=O)OC(C)(C)C)C(=O)OC(C)(C)C. The van der Waals surface area contributed by atoms with Crippen LogP contribution >= 0.6 is 0 Å². The number of ether oxygens (including phenoxy) is 3. The molecule has 0 aromatic heterocycles. The maximum Gasteiger partial charge on any atom is 0.408 e. The molecule has 0 aliphatic rings. The average molecular weight is 408 g/mol.